The molecule has 1 aromatic heterocycles. The molecule has 2 saturated heterocycles. The maximum atomic E-state index is 12.8. The van der Waals surface area contributed by atoms with Crippen LogP contribution in [0.5, 0.6) is 0 Å². The summed E-state index contributed by atoms with van der Waals surface area (Å²) in [6, 6.07) is 3.63. The molecule has 3 heterocycles. The standard InChI is InChI=1S/C13H16F3N3O.C11H21NO.C3H8.C2H6/c1-9-7-11(13(14,15)16)8-12(17-9)19-5-3-18(4-6-19)10(2)20;1-9-8-13-7-6-11(9)12-10-4-2-3-5-10;1-3-2;1-2/h7-8H,3-6H2,1-2H3;9-12H,2-8H2,1H3;3H2,1-2H3;1-2H3. The van der Waals surface area contributed by atoms with Gasteiger partial charge in [-0.3, -0.25) is 4.79 Å². The lowest BCUT2D eigenvalue weighted by Crippen LogP contribution is -2.48. The molecule has 0 spiro atoms. The van der Waals surface area contributed by atoms with Gasteiger partial charge in [-0.2, -0.15) is 13.2 Å². The summed E-state index contributed by atoms with van der Waals surface area (Å²) < 4.78 is 43.8. The highest BCUT2D eigenvalue weighted by Gasteiger charge is 2.32. The molecule has 3 fully saturated rings. The number of pyridine rings is 1. The third-order valence-electron chi connectivity index (χ3n) is 6.76. The second-order valence-corrected chi connectivity index (χ2v) is 10.1. The van der Waals surface area contributed by atoms with Crippen LogP contribution < -0.4 is 10.2 Å². The third-order valence-corrected chi connectivity index (χ3v) is 6.76. The Morgan fingerprint density at radius 2 is 1.66 bits per heavy atom. The Hall–Kier alpha value is -1.87. The average molecular weight is 545 g/mol. The molecule has 1 saturated carbocycles. The number of aromatic nitrogens is 1. The second-order valence-electron chi connectivity index (χ2n) is 10.1. The van der Waals surface area contributed by atoms with Gasteiger partial charge in [0, 0.05) is 57.5 Å². The first-order valence-corrected chi connectivity index (χ1v) is 14.4. The number of aryl methyl sites for hydroxylation is 1. The van der Waals surface area contributed by atoms with Gasteiger partial charge in [0.25, 0.3) is 0 Å². The van der Waals surface area contributed by atoms with Crippen LogP contribution in [0.2, 0.25) is 0 Å². The van der Waals surface area contributed by atoms with Crippen LogP contribution in [-0.4, -0.2) is 67.3 Å². The van der Waals surface area contributed by atoms with Crippen LogP contribution in [0.3, 0.4) is 0 Å². The number of nitrogens with zero attached hydrogens (tertiary/aromatic N) is 3. The molecule has 1 N–H and O–H groups in total. The van der Waals surface area contributed by atoms with E-state index in [1.807, 2.05) is 13.8 Å². The van der Waals surface area contributed by atoms with Crippen LogP contribution in [0.1, 0.15) is 91.3 Å². The number of carbonyl (C=O) groups excluding carboxylic acids is 1. The van der Waals surface area contributed by atoms with Gasteiger partial charge >= 0.3 is 6.18 Å². The van der Waals surface area contributed by atoms with Crippen molar-refractivity contribution in [1.29, 1.82) is 0 Å². The van der Waals surface area contributed by atoms with Gasteiger partial charge in [0.2, 0.25) is 5.91 Å². The number of amides is 1. The molecule has 2 aliphatic heterocycles. The van der Waals surface area contributed by atoms with E-state index in [1.54, 1.807) is 16.7 Å². The van der Waals surface area contributed by atoms with E-state index in [1.165, 1.54) is 45.4 Å². The molecule has 2 atom stereocenters. The Morgan fingerprint density at radius 1 is 1.08 bits per heavy atom. The van der Waals surface area contributed by atoms with E-state index in [0.717, 1.165) is 37.4 Å². The van der Waals surface area contributed by atoms with Crippen molar-refractivity contribution < 1.29 is 22.7 Å². The number of alkyl halides is 3. The maximum Gasteiger partial charge on any atom is 0.416 e. The fraction of sp³-hybridized carbons (Fsp3) is 0.793. The fourth-order valence-corrected chi connectivity index (χ4v) is 4.75. The van der Waals surface area contributed by atoms with Gasteiger partial charge < -0.3 is 19.9 Å². The Labute approximate surface area is 228 Å². The van der Waals surface area contributed by atoms with Crippen molar-refractivity contribution in [3.63, 3.8) is 0 Å². The smallest absolute Gasteiger partial charge is 0.381 e. The highest BCUT2D eigenvalue weighted by molar-refractivity contribution is 5.73. The van der Waals surface area contributed by atoms with Gasteiger partial charge in [-0.25, -0.2) is 4.98 Å². The SMILES string of the molecule is CC.CC(=O)N1CCN(c2cc(C(F)(F)F)cc(C)n2)CC1.CC1COCCC1NC1CCCC1.CCC. The van der Waals surface area contributed by atoms with E-state index >= 15 is 0 Å². The van der Waals surface area contributed by atoms with Crippen LogP contribution >= 0.6 is 0 Å². The molecule has 9 heteroatoms. The molecular weight excluding hydrogens is 493 g/mol. The summed E-state index contributed by atoms with van der Waals surface area (Å²) in [6.45, 7) is 17.5. The van der Waals surface area contributed by atoms with E-state index in [-0.39, 0.29) is 5.91 Å². The van der Waals surface area contributed by atoms with Crippen LogP contribution in [0.4, 0.5) is 19.0 Å². The third kappa shape index (κ3) is 11.9. The number of hydrogen-bond donors (Lipinski definition) is 1. The molecule has 2 unspecified atom stereocenters. The van der Waals surface area contributed by atoms with Gasteiger partial charge in [-0.05, 0) is 44.2 Å². The molecule has 4 rings (SSSR count). The lowest BCUT2D eigenvalue weighted by Gasteiger charge is -2.35. The summed E-state index contributed by atoms with van der Waals surface area (Å²) in [7, 11) is 0. The number of carbonyl (C=O) groups is 1. The topological polar surface area (TPSA) is 57.7 Å². The lowest BCUT2D eigenvalue weighted by atomic mass is 9.97. The molecular formula is C29H51F3N4O2. The molecule has 0 bridgehead atoms. The van der Waals surface area contributed by atoms with Crippen LogP contribution in [0.15, 0.2) is 12.1 Å². The lowest BCUT2D eigenvalue weighted by molar-refractivity contribution is -0.137. The normalized spacial score (nSPS) is 21.8. The zero-order valence-corrected chi connectivity index (χ0v) is 24.7. The molecule has 220 valence electrons. The monoisotopic (exact) mass is 544 g/mol. The fourth-order valence-electron chi connectivity index (χ4n) is 4.75. The summed E-state index contributed by atoms with van der Waals surface area (Å²) in [6.07, 6.45) is 3.72. The van der Waals surface area contributed by atoms with Crippen LogP contribution in [0, 0.1) is 12.8 Å². The minimum atomic E-state index is -4.37. The zero-order valence-electron chi connectivity index (χ0n) is 24.7. The minimum absolute atomic E-state index is 0.0159. The molecule has 0 radical (unpaired) electrons. The number of piperazine rings is 1. The first-order valence-electron chi connectivity index (χ1n) is 14.4. The van der Waals surface area contributed by atoms with Crippen molar-refractivity contribution in [2.75, 3.05) is 44.3 Å². The van der Waals surface area contributed by atoms with Crippen LogP contribution in [-0.2, 0) is 15.7 Å². The molecule has 3 aliphatic rings. The van der Waals surface area contributed by atoms with Crippen LogP contribution in [0.25, 0.3) is 0 Å². The van der Waals surface area contributed by atoms with Gasteiger partial charge in [-0.1, -0.05) is 53.9 Å². The number of hydrogen-bond acceptors (Lipinski definition) is 5. The van der Waals surface area contributed by atoms with Gasteiger partial charge in [0.1, 0.15) is 5.82 Å². The van der Waals surface area contributed by atoms with Gasteiger partial charge in [-0.15, -0.1) is 0 Å². The van der Waals surface area contributed by atoms with Crippen molar-refractivity contribution in [3.05, 3.63) is 23.4 Å². The Bertz CT molecular complexity index is 793. The molecule has 1 amide bonds. The van der Waals surface area contributed by atoms with E-state index in [9.17, 15) is 18.0 Å². The van der Waals surface area contributed by atoms with E-state index < -0.39 is 11.7 Å². The quantitative estimate of drug-likeness (QED) is 0.473. The second kappa shape index (κ2) is 17.7. The molecule has 0 aromatic carbocycles. The van der Waals surface area contributed by atoms with E-state index in [2.05, 4.69) is 31.1 Å². The number of halogens is 3. The minimum Gasteiger partial charge on any atom is -0.381 e. The van der Waals surface area contributed by atoms with Crippen molar-refractivity contribution in [3.8, 4) is 0 Å². The summed E-state index contributed by atoms with van der Waals surface area (Å²) >= 11 is 0. The molecule has 1 aliphatic carbocycles. The Morgan fingerprint density at radius 3 is 2.16 bits per heavy atom. The largest absolute Gasteiger partial charge is 0.416 e. The highest BCUT2D eigenvalue weighted by Crippen LogP contribution is 2.32. The number of nitrogens with one attached hydrogen (secondary N) is 1. The maximum absolute atomic E-state index is 12.8. The van der Waals surface area contributed by atoms with Crippen molar-refractivity contribution >= 4 is 11.7 Å². The number of rotatable bonds is 3. The number of ether oxygens (including phenoxy) is 1. The average Bonchev–Trinajstić information content (AvgIpc) is 3.40. The van der Waals surface area contributed by atoms with E-state index in [0.29, 0.717) is 43.6 Å². The summed E-state index contributed by atoms with van der Waals surface area (Å²) in [5.41, 5.74) is -0.349. The van der Waals surface area contributed by atoms with Gasteiger partial charge in [0.15, 0.2) is 0 Å². The first kappa shape index (κ1) is 34.2. The predicted molar refractivity (Wildman–Crippen MR) is 150 cm³/mol. The summed E-state index contributed by atoms with van der Waals surface area (Å²) in [5, 5.41) is 3.79. The first-order chi connectivity index (χ1) is 18.0. The zero-order chi connectivity index (χ0) is 28.7. The van der Waals surface area contributed by atoms with Crippen molar-refractivity contribution in [2.45, 2.75) is 105 Å². The molecule has 38 heavy (non-hydrogen) atoms. The predicted octanol–water partition coefficient (Wildman–Crippen LogP) is 6.46. The Balaban J connectivity index is 0.000000344. The molecule has 1 aromatic rings. The Kier molecular flexibility index (Phi) is 15.9. The summed E-state index contributed by atoms with van der Waals surface area (Å²) in [5.74, 6) is 1.01. The number of anilines is 1. The van der Waals surface area contributed by atoms with E-state index in [4.69, 9.17) is 4.74 Å². The highest BCUT2D eigenvalue weighted by atomic mass is 19.4. The summed E-state index contributed by atoms with van der Waals surface area (Å²) in [4.78, 5) is 18.8. The van der Waals surface area contributed by atoms with Crippen molar-refractivity contribution in [2.24, 2.45) is 5.92 Å². The van der Waals surface area contributed by atoms with Gasteiger partial charge in [0.05, 0.1) is 12.2 Å². The molecule has 6 nitrogen and oxygen atoms in total. The van der Waals surface area contributed by atoms with Crippen molar-refractivity contribution in [1.82, 2.24) is 15.2 Å².